The maximum Gasteiger partial charge on any atom is 0.215 e. The number of rotatable bonds is 8. The summed E-state index contributed by atoms with van der Waals surface area (Å²) in [7, 11) is -3.25. The molecule has 0 bridgehead atoms. The van der Waals surface area contributed by atoms with Crippen molar-refractivity contribution < 1.29 is 8.42 Å². The molecule has 3 N–H and O–H groups in total. The fourth-order valence-electron chi connectivity index (χ4n) is 1.58. The van der Waals surface area contributed by atoms with Crippen molar-refractivity contribution in [3.8, 4) is 0 Å². The Bertz CT molecular complexity index is 472. The van der Waals surface area contributed by atoms with Crippen LogP contribution in [-0.2, 0) is 22.3 Å². The second-order valence-corrected chi connectivity index (χ2v) is 7.59. The van der Waals surface area contributed by atoms with Gasteiger partial charge in [0.2, 0.25) is 10.0 Å². The Morgan fingerprint density at radius 2 is 1.84 bits per heavy atom. The Morgan fingerprint density at radius 3 is 2.37 bits per heavy atom. The van der Waals surface area contributed by atoms with Gasteiger partial charge in [0, 0.05) is 18.3 Å². The highest BCUT2D eigenvalue weighted by Gasteiger charge is 2.11. The predicted octanol–water partition coefficient (Wildman–Crippen LogP) is 1.71. The minimum atomic E-state index is -3.25. The minimum Gasteiger partial charge on any atom is -0.326 e. The number of nitrogens with one attached hydrogen (secondary N) is 1. The van der Waals surface area contributed by atoms with E-state index in [1.54, 1.807) is 11.8 Å². The van der Waals surface area contributed by atoms with Crippen LogP contribution in [0.15, 0.2) is 24.3 Å². The second-order valence-electron chi connectivity index (χ2n) is 4.51. The standard InChI is InChI=1S/C13H22N2O2S2/c1-11(18-2)7-8-15-19(16,17)10-13-5-3-12(9-14)4-6-13/h3-6,11,15H,7-10,14H2,1-2H3. The maximum absolute atomic E-state index is 11.9. The third-order valence-electron chi connectivity index (χ3n) is 2.89. The van der Waals surface area contributed by atoms with Crippen molar-refractivity contribution in [3.63, 3.8) is 0 Å². The van der Waals surface area contributed by atoms with Gasteiger partial charge < -0.3 is 5.73 Å². The average molecular weight is 302 g/mol. The lowest BCUT2D eigenvalue weighted by atomic mass is 10.1. The van der Waals surface area contributed by atoms with Gasteiger partial charge in [-0.1, -0.05) is 31.2 Å². The van der Waals surface area contributed by atoms with Crippen molar-refractivity contribution in [1.29, 1.82) is 0 Å². The first-order valence-corrected chi connectivity index (χ1v) is 9.19. The normalized spacial score (nSPS) is 13.4. The molecule has 1 atom stereocenters. The molecule has 0 aliphatic carbocycles. The van der Waals surface area contributed by atoms with Crippen molar-refractivity contribution in [3.05, 3.63) is 35.4 Å². The Morgan fingerprint density at radius 1 is 1.26 bits per heavy atom. The topological polar surface area (TPSA) is 72.2 Å². The zero-order valence-corrected chi connectivity index (χ0v) is 13.1. The fraction of sp³-hybridized carbons (Fsp3) is 0.538. The number of thioether (sulfide) groups is 1. The molecule has 0 saturated carbocycles. The van der Waals surface area contributed by atoms with E-state index in [0.29, 0.717) is 18.3 Å². The summed E-state index contributed by atoms with van der Waals surface area (Å²) in [4.78, 5) is 0. The molecule has 1 aromatic rings. The van der Waals surface area contributed by atoms with Gasteiger partial charge in [-0.3, -0.25) is 0 Å². The van der Waals surface area contributed by atoms with Gasteiger partial charge >= 0.3 is 0 Å². The van der Waals surface area contributed by atoms with Crippen molar-refractivity contribution in [2.45, 2.75) is 30.9 Å². The van der Waals surface area contributed by atoms with E-state index in [1.807, 2.05) is 30.5 Å². The van der Waals surface area contributed by atoms with Gasteiger partial charge in [0.05, 0.1) is 5.75 Å². The van der Waals surface area contributed by atoms with Gasteiger partial charge in [-0.25, -0.2) is 13.1 Å². The minimum absolute atomic E-state index is 0.0193. The monoisotopic (exact) mass is 302 g/mol. The molecule has 4 nitrogen and oxygen atoms in total. The predicted molar refractivity (Wildman–Crippen MR) is 82.6 cm³/mol. The smallest absolute Gasteiger partial charge is 0.215 e. The van der Waals surface area contributed by atoms with Gasteiger partial charge in [0.1, 0.15) is 0 Å². The van der Waals surface area contributed by atoms with Gasteiger partial charge in [-0.15, -0.1) is 0 Å². The van der Waals surface area contributed by atoms with Crippen molar-refractivity contribution in [1.82, 2.24) is 4.72 Å². The third-order valence-corrected chi connectivity index (χ3v) is 5.29. The van der Waals surface area contributed by atoms with Crippen LogP contribution in [0.5, 0.6) is 0 Å². The SMILES string of the molecule is CSC(C)CCNS(=O)(=O)Cc1ccc(CN)cc1. The van der Waals surface area contributed by atoms with Gasteiger partial charge in [-0.2, -0.15) is 11.8 Å². The van der Waals surface area contributed by atoms with E-state index >= 15 is 0 Å². The zero-order valence-electron chi connectivity index (χ0n) is 11.4. The van der Waals surface area contributed by atoms with Gasteiger partial charge in [-0.05, 0) is 23.8 Å². The Kier molecular flexibility index (Phi) is 6.85. The molecule has 0 spiro atoms. The summed E-state index contributed by atoms with van der Waals surface area (Å²) in [6.07, 6.45) is 2.87. The number of hydrogen-bond acceptors (Lipinski definition) is 4. The van der Waals surface area contributed by atoms with Crippen LogP contribution in [0, 0.1) is 0 Å². The Hall–Kier alpha value is -0.560. The van der Waals surface area contributed by atoms with Gasteiger partial charge in [0.15, 0.2) is 0 Å². The molecule has 0 aliphatic rings. The van der Waals surface area contributed by atoms with E-state index in [4.69, 9.17) is 5.73 Å². The summed E-state index contributed by atoms with van der Waals surface area (Å²) in [5.41, 5.74) is 7.28. The van der Waals surface area contributed by atoms with Crippen molar-refractivity contribution in [2.75, 3.05) is 12.8 Å². The Labute approximate surface area is 120 Å². The van der Waals surface area contributed by atoms with Crippen LogP contribution in [-0.4, -0.2) is 26.5 Å². The van der Waals surface area contributed by atoms with Crippen LogP contribution in [0.4, 0.5) is 0 Å². The van der Waals surface area contributed by atoms with Crippen LogP contribution in [0.2, 0.25) is 0 Å². The van der Waals surface area contributed by atoms with E-state index in [0.717, 1.165) is 17.5 Å². The molecule has 0 amide bonds. The highest BCUT2D eigenvalue weighted by Crippen LogP contribution is 2.10. The lowest BCUT2D eigenvalue weighted by Crippen LogP contribution is -2.27. The van der Waals surface area contributed by atoms with E-state index in [1.165, 1.54) is 0 Å². The van der Waals surface area contributed by atoms with Crippen LogP contribution in [0.3, 0.4) is 0 Å². The molecular formula is C13H22N2O2S2. The van der Waals surface area contributed by atoms with Crippen molar-refractivity contribution >= 4 is 21.8 Å². The van der Waals surface area contributed by atoms with Crippen LogP contribution < -0.4 is 10.5 Å². The largest absolute Gasteiger partial charge is 0.326 e. The van der Waals surface area contributed by atoms with Crippen LogP contribution in [0.1, 0.15) is 24.5 Å². The molecule has 108 valence electrons. The first-order valence-electron chi connectivity index (χ1n) is 6.25. The zero-order chi connectivity index (χ0) is 14.3. The van der Waals surface area contributed by atoms with E-state index < -0.39 is 10.0 Å². The van der Waals surface area contributed by atoms with E-state index in [9.17, 15) is 8.42 Å². The number of sulfonamides is 1. The Balaban J connectivity index is 2.49. The third kappa shape index (κ3) is 6.42. The molecule has 1 unspecified atom stereocenters. The summed E-state index contributed by atoms with van der Waals surface area (Å²) in [6.45, 7) is 3.05. The first kappa shape index (κ1) is 16.5. The second kappa shape index (κ2) is 7.89. The molecule has 19 heavy (non-hydrogen) atoms. The summed E-state index contributed by atoms with van der Waals surface area (Å²) in [5, 5.41) is 0.464. The van der Waals surface area contributed by atoms with Crippen LogP contribution in [0.25, 0.3) is 0 Å². The number of benzene rings is 1. The summed E-state index contributed by atoms with van der Waals surface area (Å²) < 4.78 is 26.4. The quantitative estimate of drug-likeness (QED) is 0.767. The number of hydrogen-bond donors (Lipinski definition) is 2. The van der Waals surface area contributed by atoms with Crippen molar-refractivity contribution in [2.24, 2.45) is 5.73 Å². The maximum atomic E-state index is 11.9. The summed E-state index contributed by atoms with van der Waals surface area (Å²) >= 11 is 1.74. The molecule has 1 rings (SSSR count). The lowest BCUT2D eigenvalue weighted by molar-refractivity contribution is 0.578. The van der Waals surface area contributed by atoms with E-state index in [2.05, 4.69) is 11.6 Å². The molecule has 0 heterocycles. The molecule has 0 radical (unpaired) electrons. The molecule has 0 aromatic heterocycles. The molecule has 1 aromatic carbocycles. The molecule has 0 saturated heterocycles. The molecule has 0 aliphatic heterocycles. The summed E-state index contributed by atoms with van der Waals surface area (Å²) in [5.74, 6) is 0.0193. The first-order chi connectivity index (χ1) is 8.96. The average Bonchev–Trinajstić information content (AvgIpc) is 2.38. The molecular weight excluding hydrogens is 280 g/mol. The lowest BCUT2D eigenvalue weighted by Gasteiger charge is -2.10. The number of nitrogens with two attached hydrogens (primary N) is 1. The summed E-state index contributed by atoms with van der Waals surface area (Å²) in [6, 6.07) is 7.35. The highest BCUT2D eigenvalue weighted by molar-refractivity contribution is 7.99. The fourth-order valence-corrected chi connectivity index (χ4v) is 3.09. The van der Waals surface area contributed by atoms with Crippen LogP contribution >= 0.6 is 11.8 Å². The van der Waals surface area contributed by atoms with E-state index in [-0.39, 0.29) is 5.75 Å². The highest BCUT2D eigenvalue weighted by atomic mass is 32.2. The molecule has 0 fully saturated rings. The molecule has 6 heteroatoms. The van der Waals surface area contributed by atoms with Gasteiger partial charge in [0.25, 0.3) is 0 Å².